The number of para-hydroxylation sites is 1. The maximum Gasteiger partial charge on any atom is 0.287 e. The zero-order chi connectivity index (χ0) is 17.9. The molecule has 0 saturated carbocycles. The first kappa shape index (κ1) is 15.7. The summed E-state index contributed by atoms with van der Waals surface area (Å²) in [7, 11) is 0. The summed E-state index contributed by atoms with van der Waals surface area (Å²) in [5, 5.41) is 7.37. The zero-order valence-corrected chi connectivity index (χ0v) is 13.4. The minimum absolute atomic E-state index is 0.189. The van der Waals surface area contributed by atoms with Gasteiger partial charge in [0.05, 0.1) is 11.2 Å². The van der Waals surface area contributed by atoms with Crippen LogP contribution in [-0.4, -0.2) is 26.1 Å². The Labute approximate surface area is 147 Å². The summed E-state index contributed by atoms with van der Waals surface area (Å²) in [4.78, 5) is 20.6. The maximum atomic E-state index is 13.8. The predicted molar refractivity (Wildman–Crippen MR) is 94.6 cm³/mol. The number of carbonyl (C=O) groups is 1. The Balaban J connectivity index is 1.51. The third-order valence-corrected chi connectivity index (χ3v) is 3.81. The Morgan fingerprint density at radius 3 is 2.73 bits per heavy atom. The van der Waals surface area contributed by atoms with Crippen molar-refractivity contribution in [2.75, 3.05) is 5.43 Å². The van der Waals surface area contributed by atoms with Crippen molar-refractivity contribution >= 4 is 22.6 Å². The lowest BCUT2D eigenvalue weighted by Gasteiger charge is -2.08. The molecule has 2 aromatic carbocycles. The van der Waals surface area contributed by atoms with Crippen LogP contribution in [0.4, 0.5) is 10.2 Å². The van der Waals surface area contributed by atoms with Gasteiger partial charge >= 0.3 is 0 Å². The van der Waals surface area contributed by atoms with Crippen LogP contribution in [0.3, 0.4) is 0 Å². The van der Waals surface area contributed by atoms with Gasteiger partial charge in [0.25, 0.3) is 5.91 Å². The number of halogens is 1. The molecule has 2 heterocycles. The molecular weight excluding hydrogens is 335 g/mol. The zero-order valence-electron chi connectivity index (χ0n) is 13.4. The van der Waals surface area contributed by atoms with Crippen molar-refractivity contribution in [3.8, 4) is 11.3 Å². The van der Waals surface area contributed by atoms with Crippen LogP contribution in [0.25, 0.3) is 22.2 Å². The standard InChI is InChI=1S/C18H13FN6O/c19-13-7-3-1-5-11(13)15-9-16(23-22-15)18(26)25-24-17-12-6-2-4-8-14(12)20-10-21-17/h1-10H,(H,22,23)(H,25,26)(H,20,21,24). The molecule has 0 saturated heterocycles. The van der Waals surface area contributed by atoms with Crippen LogP contribution in [0.5, 0.6) is 0 Å². The first-order valence-electron chi connectivity index (χ1n) is 7.79. The van der Waals surface area contributed by atoms with Gasteiger partial charge in [-0.15, -0.1) is 0 Å². The normalized spacial score (nSPS) is 10.7. The Morgan fingerprint density at radius 2 is 1.85 bits per heavy atom. The second kappa shape index (κ2) is 6.60. The van der Waals surface area contributed by atoms with E-state index in [1.165, 1.54) is 18.5 Å². The lowest BCUT2D eigenvalue weighted by Crippen LogP contribution is -2.30. The van der Waals surface area contributed by atoms with Gasteiger partial charge in [0.2, 0.25) is 0 Å². The third kappa shape index (κ3) is 2.95. The van der Waals surface area contributed by atoms with E-state index in [1.807, 2.05) is 24.3 Å². The van der Waals surface area contributed by atoms with Crippen LogP contribution in [0.15, 0.2) is 60.9 Å². The summed E-state index contributed by atoms with van der Waals surface area (Å²) in [6.45, 7) is 0. The Bertz CT molecular complexity index is 1090. The molecule has 0 atom stereocenters. The van der Waals surface area contributed by atoms with E-state index in [0.717, 1.165) is 10.9 Å². The van der Waals surface area contributed by atoms with Crippen molar-refractivity contribution in [1.29, 1.82) is 0 Å². The van der Waals surface area contributed by atoms with Crippen molar-refractivity contribution in [2.24, 2.45) is 0 Å². The van der Waals surface area contributed by atoms with Crippen LogP contribution < -0.4 is 10.9 Å². The second-order valence-electron chi connectivity index (χ2n) is 5.47. The van der Waals surface area contributed by atoms with E-state index >= 15 is 0 Å². The number of fused-ring (bicyclic) bond motifs is 1. The van der Waals surface area contributed by atoms with E-state index in [1.54, 1.807) is 18.2 Å². The van der Waals surface area contributed by atoms with Crippen LogP contribution in [0, 0.1) is 5.82 Å². The fourth-order valence-corrected chi connectivity index (χ4v) is 2.53. The molecule has 0 spiro atoms. The van der Waals surface area contributed by atoms with Crippen molar-refractivity contribution < 1.29 is 9.18 Å². The number of hydrogen-bond acceptors (Lipinski definition) is 5. The second-order valence-corrected chi connectivity index (χ2v) is 5.47. The third-order valence-electron chi connectivity index (χ3n) is 3.81. The minimum atomic E-state index is -0.456. The highest BCUT2D eigenvalue weighted by Gasteiger charge is 2.13. The van der Waals surface area contributed by atoms with Gasteiger partial charge in [0, 0.05) is 10.9 Å². The molecule has 0 bridgehead atoms. The number of nitrogens with zero attached hydrogens (tertiary/aromatic N) is 3. The van der Waals surface area contributed by atoms with Crippen LogP contribution in [0.2, 0.25) is 0 Å². The van der Waals surface area contributed by atoms with E-state index < -0.39 is 11.7 Å². The van der Waals surface area contributed by atoms with Crippen LogP contribution >= 0.6 is 0 Å². The highest BCUT2D eigenvalue weighted by atomic mass is 19.1. The summed E-state index contributed by atoms with van der Waals surface area (Å²) < 4.78 is 13.8. The Kier molecular flexibility index (Phi) is 3.98. The topological polar surface area (TPSA) is 95.6 Å². The van der Waals surface area contributed by atoms with Crippen molar-refractivity contribution in [1.82, 2.24) is 25.6 Å². The number of carbonyl (C=O) groups excluding carboxylic acids is 1. The number of amides is 1. The molecule has 3 N–H and O–H groups in total. The highest BCUT2D eigenvalue weighted by Crippen LogP contribution is 2.21. The molecule has 8 heteroatoms. The van der Waals surface area contributed by atoms with Crippen molar-refractivity contribution in [3.63, 3.8) is 0 Å². The smallest absolute Gasteiger partial charge is 0.281 e. The van der Waals surface area contributed by atoms with Gasteiger partial charge in [-0.1, -0.05) is 24.3 Å². The first-order valence-corrected chi connectivity index (χ1v) is 7.79. The summed E-state index contributed by atoms with van der Waals surface area (Å²) in [6, 6.07) is 15.1. The molecule has 0 aliphatic carbocycles. The summed E-state index contributed by atoms with van der Waals surface area (Å²) in [6.07, 6.45) is 1.41. The molecule has 0 fully saturated rings. The molecule has 2 aromatic heterocycles. The van der Waals surface area contributed by atoms with E-state index in [0.29, 0.717) is 17.1 Å². The molecule has 26 heavy (non-hydrogen) atoms. The molecule has 7 nitrogen and oxygen atoms in total. The molecule has 0 aliphatic heterocycles. The minimum Gasteiger partial charge on any atom is -0.281 e. The molecule has 4 aromatic rings. The number of H-pyrrole nitrogens is 1. The largest absolute Gasteiger partial charge is 0.287 e. The average Bonchev–Trinajstić information content (AvgIpc) is 3.16. The number of anilines is 1. The molecule has 4 rings (SSSR count). The number of benzene rings is 2. The van der Waals surface area contributed by atoms with E-state index in [2.05, 4.69) is 31.0 Å². The number of aromatic amines is 1. The molecule has 128 valence electrons. The fraction of sp³-hybridized carbons (Fsp3) is 0. The SMILES string of the molecule is O=C(NNc1ncnc2ccccc12)c1cc(-c2ccccc2F)n[nH]1. The Morgan fingerprint density at radius 1 is 1.04 bits per heavy atom. The van der Waals surface area contributed by atoms with Gasteiger partial charge in [0.15, 0.2) is 5.82 Å². The number of rotatable bonds is 4. The first-order chi connectivity index (χ1) is 12.7. The maximum absolute atomic E-state index is 13.8. The van der Waals surface area contributed by atoms with Crippen LogP contribution in [-0.2, 0) is 0 Å². The van der Waals surface area contributed by atoms with Gasteiger partial charge in [-0.05, 0) is 30.3 Å². The van der Waals surface area contributed by atoms with Gasteiger partial charge in [-0.3, -0.25) is 20.7 Å². The number of nitrogens with one attached hydrogen (secondary N) is 3. The lowest BCUT2D eigenvalue weighted by atomic mass is 10.1. The van der Waals surface area contributed by atoms with E-state index in [4.69, 9.17) is 0 Å². The number of hydrazine groups is 1. The van der Waals surface area contributed by atoms with Crippen LogP contribution in [0.1, 0.15) is 10.5 Å². The monoisotopic (exact) mass is 348 g/mol. The Hall–Kier alpha value is -3.81. The molecule has 0 aliphatic rings. The average molecular weight is 348 g/mol. The van der Waals surface area contributed by atoms with Crippen molar-refractivity contribution in [3.05, 3.63) is 72.4 Å². The van der Waals surface area contributed by atoms with E-state index in [-0.39, 0.29) is 5.69 Å². The van der Waals surface area contributed by atoms with Gasteiger partial charge in [-0.25, -0.2) is 14.4 Å². The summed E-state index contributed by atoms with van der Waals surface area (Å²) >= 11 is 0. The summed E-state index contributed by atoms with van der Waals surface area (Å²) in [5.41, 5.74) is 6.92. The summed E-state index contributed by atoms with van der Waals surface area (Å²) in [5.74, 6) is -0.392. The molecular formula is C18H13FN6O. The molecule has 0 radical (unpaired) electrons. The van der Waals surface area contributed by atoms with Gasteiger partial charge < -0.3 is 0 Å². The van der Waals surface area contributed by atoms with E-state index in [9.17, 15) is 9.18 Å². The van der Waals surface area contributed by atoms with Crippen molar-refractivity contribution in [2.45, 2.75) is 0 Å². The van der Waals surface area contributed by atoms with Gasteiger partial charge in [0.1, 0.15) is 17.8 Å². The highest BCUT2D eigenvalue weighted by molar-refractivity contribution is 5.95. The number of hydrogen-bond donors (Lipinski definition) is 3. The predicted octanol–water partition coefficient (Wildman–Crippen LogP) is 2.92. The fourth-order valence-electron chi connectivity index (χ4n) is 2.53. The van der Waals surface area contributed by atoms with Gasteiger partial charge in [-0.2, -0.15) is 5.10 Å². The lowest BCUT2D eigenvalue weighted by molar-refractivity contribution is 0.0957. The quantitative estimate of drug-likeness (QED) is 0.493. The molecule has 0 unspecified atom stereocenters. The molecule has 1 amide bonds. The number of aromatic nitrogens is 4.